The van der Waals surface area contributed by atoms with Gasteiger partial charge in [0.1, 0.15) is 35.8 Å². The first kappa shape index (κ1) is 38.0. The van der Waals surface area contributed by atoms with Crippen molar-refractivity contribution in [1.82, 2.24) is 24.6 Å². The molecule has 11 heteroatoms. The van der Waals surface area contributed by atoms with Gasteiger partial charge in [-0.3, -0.25) is 9.58 Å². The number of hydrogen-bond acceptors (Lipinski definition) is 7. The van der Waals surface area contributed by atoms with E-state index in [9.17, 15) is 4.79 Å². The highest BCUT2D eigenvalue weighted by Gasteiger charge is 2.33. The van der Waals surface area contributed by atoms with Crippen molar-refractivity contribution in [2.45, 2.75) is 59.4 Å². The Morgan fingerprint density at radius 3 is 2.25 bits per heavy atom. The third-order valence-corrected chi connectivity index (χ3v) is 10.4. The lowest BCUT2D eigenvalue weighted by molar-refractivity contribution is 0.00920. The SMILES string of the molecule is C[C@H]1CN(C(=O)OC(C)(C)C)CC[C@H]1CN1CC=C(c2c(F)cc3c(-c4ccc(OCc5ccccc5)nc4OCc4ccccc4)nn(C)c3c2F)CC1. The van der Waals surface area contributed by atoms with Crippen LogP contribution in [0, 0.1) is 23.5 Å². The molecule has 55 heavy (non-hydrogen) atoms. The fourth-order valence-electron chi connectivity index (χ4n) is 7.50. The maximum absolute atomic E-state index is 16.6. The highest BCUT2D eigenvalue weighted by molar-refractivity contribution is 5.96. The summed E-state index contributed by atoms with van der Waals surface area (Å²) in [7, 11) is 1.66. The second-order valence-electron chi connectivity index (χ2n) is 15.7. The van der Waals surface area contributed by atoms with E-state index in [2.05, 4.69) is 11.8 Å². The zero-order chi connectivity index (χ0) is 38.7. The second-order valence-corrected chi connectivity index (χ2v) is 15.7. The first-order chi connectivity index (χ1) is 26.4. The molecule has 0 N–H and O–H groups in total. The number of carbonyl (C=O) groups excluding carboxylic acids is 1. The van der Waals surface area contributed by atoms with E-state index in [1.807, 2.05) is 87.5 Å². The van der Waals surface area contributed by atoms with Gasteiger partial charge >= 0.3 is 6.09 Å². The van der Waals surface area contributed by atoms with Crippen molar-refractivity contribution in [3.63, 3.8) is 0 Å². The standard InChI is InChI=1S/C44H49F2N5O4/c1-29-25-51(43(52)55-44(2,3)4)23-20-33(29)26-50-21-18-32(19-22-50)38-36(45)24-35-40(48-49(5)41(35)39(38)46)34-16-17-37(53-27-30-12-8-6-9-13-30)47-42(34)54-28-31-14-10-7-11-15-31/h6-18,24,29,33H,19-23,25-28H2,1-5H3/t29-,33-/m0/s1. The molecule has 4 heterocycles. The van der Waals surface area contributed by atoms with E-state index in [4.69, 9.17) is 24.3 Å². The lowest BCUT2D eigenvalue weighted by Gasteiger charge is -2.40. The summed E-state index contributed by atoms with van der Waals surface area (Å²) >= 11 is 0. The molecule has 5 aromatic rings. The Kier molecular flexibility index (Phi) is 11.2. The molecule has 0 spiro atoms. The number of amides is 1. The summed E-state index contributed by atoms with van der Waals surface area (Å²) in [5, 5.41) is 5.02. The summed E-state index contributed by atoms with van der Waals surface area (Å²) < 4.78 is 52.0. The highest BCUT2D eigenvalue weighted by atomic mass is 19.1. The van der Waals surface area contributed by atoms with E-state index in [1.165, 1.54) is 10.7 Å². The number of pyridine rings is 1. The van der Waals surface area contributed by atoms with Gasteiger partial charge in [-0.2, -0.15) is 10.1 Å². The summed E-state index contributed by atoms with van der Waals surface area (Å²) in [6.45, 7) is 11.8. The van der Waals surface area contributed by atoms with E-state index < -0.39 is 17.2 Å². The average molecular weight is 750 g/mol. The van der Waals surface area contributed by atoms with Gasteiger partial charge in [-0.05, 0) is 74.3 Å². The Hall–Kier alpha value is -5.29. The number of carbonyl (C=O) groups is 1. The fraction of sp³-hybridized carbons (Fsp3) is 0.386. The number of halogens is 2. The molecule has 2 aromatic heterocycles. The van der Waals surface area contributed by atoms with Crippen LogP contribution in [0.5, 0.6) is 11.8 Å². The third kappa shape index (κ3) is 8.83. The van der Waals surface area contributed by atoms with Gasteiger partial charge in [0.25, 0.3) is 0 Å². The number of fused-ring (bicyclic) bond motifs is 1. The molecule has 1 fully saturated rings. The van der Waals surface area contributed by atoms with Crippen LogP contribution in [0.1, 0.15) is 57.2 Å². The normalized spacial score (nSPS) is 17.9. The third-order valence-electron chi connectivity index (χ3n) is 10.4. The van der Waals surface area contributed by atoms with Crippen molar-refractivity contribution in [3.05, 3.63) is 113 Å². The van der Waals surface area contributed by atoms with Gasteiger partial charge in [-0.15, -0.1) is 0 Å². The van der Waals surface area contributed by atoms with E-state index in [1.54, 1.807) is 24.1 Å². The number of aryl methyl sites for hydroxylation is 1. The molecular formula is C44H49F2N5O4. The molecule has 0 bridgehead atoms. The number of piperidine rings is 1. The van der Waals surface area contributed by atoms with Gasteiger partial charge in [0.15, 0.2) is 5.82 Å². The summed E-state index contributed by atoms with van der Waals surface area (Å²) in [5.74, 6) is 0.0484. The minimum atomic E-state index is -0.637. The molecule has 1 saturated heterocycles. The van der Waals surface area contributed by atoms with Crippen molar-refractivity contribution in [2.24, 2.45) is 18.9 Å². The van der Waals surface area contributed by atoms with Crippen LogP contribution in [0.15, 0.2) is 84.9 Å². The van der Waals surface area contributed by atoms with Gasteiger partial charge in [-0.1, -0.05) is 73.7 Å². The summed E-state index contributed by atoms with van der Waals surface area (Å²) in [4.78, 5) is 21.5. The van der Waals surface area contributed by atoms with Crippen LogP contribution in [-0.2, 0) is 25.0 Å². The largest absolute Gasteiger partial charge is 0.473 e. The van der Waals surface area contributed by atoms with Gasteiger partial charge in [0.2, 0.25) is 11.8 Å². The molecule has 2 atom stereocenters. The minimum Gasteiger partial charge on any atom is -0.473 e. The predicted molar refractivity (Wildman–Crippen MR) is 210 cm³/mol. The highest BCUT2D eigenvalue weighted by Crippen LogP contribution is 2.39. The zero-order valence-electron chi connectivity index (χ0n) is 32.2. The monoisotopic (exact) mass is 749 g/mol. The van der Waals surface area contributed by atoms with E-state index in [0.29, 0.717) is 79.1 Å². The quantitative estimate of drug-likeness (QED) is 0.141. The fourth-order valence-corrected chi connectivity index (χ4v) is 7.50. The van der Waals surface area contributed by atoms with Crippen LogP contribution in [-0.4, -0.2) is 69.0 Å². The second kappa shape index (κ2) is 16.2. The predicted octanol–water partition coefficient (Wildman–Crippen LogP) is 9.05. The molecule has 3 aromatic carbocycles. The number of rotatable bonds is 10. The van der Waals surface area contributed by atoms with Gasteiger partial charge in [0.05, 0.1) is 11.1 Å². The molecule has 0 unspecified atom stereocenters. The Bertz CT molecular complexity index is 2170. The summed E-state index contributed by atoms with van der Waals surface area (Å²) in [6.07, 6.45) is 3.08. The molecule has 9 nitrogen and oxygen atoms in total. The van der Waals surface area contributed by atoms with Crippen molar-refractivity contribution in [3.8, 4) is 23.0 Å². The Morgan fingerprint density at radius 1 is 0.927 bits per heavy atom. The van der Waals surface area contributed by atoms with Gasteiger partial charge in [0, 0.05) is 51.2 Å². The topological polar surface area (TPSA) is 82.0 Å². The number of ether oxygens (including phenoxy) is 3. The van der Waals surface area contributed by atoms with E-state index in [0.717, 1.165) is 24.1 Å². The van der Waals surface area contributed by atoms with Crippen LogP contribution in [0.4, 0.5) is 13.6 Å². The number of aromatic nitrogens is 3. The molecule has 0 saturated carbocycles. The van der Waals surface area contributed by atoms with Crippen molar-refractivity contribution < 1.29 is 27.8 Å². The van der Waals surface area contributed by atoms with Crippen molar-refractivity contribution >= 4 is 22.6 Å². The van der Waals surface area contributed by atoms with Crippen LogP contribution < -0.4 is 9.47 Å². The Morgan fingerprint density at radius 2 is 1.62 bits per heavy atom. The molecule has 0 radical (unpaired) electrons. The van der Waals surface area contributed by atoms with Crippen molar-refractivity contribution in [1.29, 1.82) is 0 Å². The van der Waals surface area contributed by atoms with Gasteiger partial charge < -0.3 is 19.1 Å². The van der Waals surface area contributed by atoms with Crippen LogP contribution in [0.3, 0.4) is 0 Å². The lowest BCUT2D eigenvalue weighted by Crippen LogP contribution is -2.47. The molecule has 0 aliphatic carbocycles. The molecule has 7 rings (SSSR count). The van der Waals surface area contributed by atoms with Crippen LogP contribution in [0.2, 0.25) is 0 Å². The molecule has 288 valence electrons. The van der Waals surface area contributed by atoms with Crippen LogP contribution in [0.25, 0.3) is 27.7 Å². The average Bonchev–Trinajstić information content (AvgIpc) is 3.50. The van der Waals surface area contributed by atoms with Gasteiger partial charge in [-0.25, -0.2) is 13.6 Å². The number of benzene rings is 3. The molecule has 1 amide bonds. The molecule has 2 aliphatic heterocycles. The first-order valence-electron chi connectivity index (χ1n) is 19.0. The molecular weight excluding hydrogens is 701 g/mol. The van der Waals surface area contributed by atoms with Crippen molar-refractivity contribution in [2.75, 3.05) is 32.7 Å². The van der Waals surface area contributed by atoms with E-state index >= 15 is 8.78 Å². The Labute approximate surface area is 321 Å². The van der Waals surface area contributed by atoms with Crippen LogP contribution >= 0.6 is 0 Å². The summed E-state index contributed by atoms with van der Waals surface area (Å²) in [5.41, 5.74) is 3.11. The number of hydrogen-bond donors (Lipinski definition) is 0. The first-order valence-corrected chi connectivity index (χ1v) is 19.0. The Balaban J connectivity index is 1.10. The summed E-state index contributed by atoms with van der Waals surface area (Å²) in [6, 6.07) is 24.4. The minimum absolute atomic E-state index is 0.0101. The lowest BCUT2D eigenvalue weighted by atomic mass is 9.86. The molecule has 2 aliphatic rings. The van der Waals surface area contributed by atoms with E-state index in [-0.39, 0.29) is 29.7 Å². The maximum Gasteiger partial charge on any atom is 0.410 e. The number of nitrogens with zero attached hydrogens (tertiary/aromatic N) is 5. The number of likely N-dealkylation sites (tertiary alicyclic amines) is 1. The zero-order valence-corrected chi connectivity index (χ0v) is 32.2. The smallest absolute Gasteiger partial charge is 0.410 e. The maximum atomic E-state index is 16.6.